The van der Waals surface area contributed by atoms with Crippen molar-refractivity contribution in [3.05, 3.63) is 28.8 Å². The standard InChI is InChI=1S/C16H21ClN2O3/c1-10-5-11(2)8-19(7-10)15(20)9-22-16(21)13-4-3-12(17)6-14(13)18/h3-4,6,10-11H,5,7-9,18H2,1-2H3/t10-,11-/m1/s1. The molecule has 6 heteroatoms. The number of nitrogen functional groups attached to an aromatic ring is 1. The number of carbonyl (C=O) groups is 2. The molecule has 1 amide bonds. The van der Waals surface area contributed by atoms with Crippen LogP contribution in [0.25, 0.3) is 0 Å². The fourth-order valence-electron chi connectivity index (χ4n) is 2.88. The lowest BCUT2D eigenvalue weighted by Crippen LogP contribution is -2.44. The highest BCUT2D eigenvalue weighted by molar-refractivity contribution is 6.31. The van der Waals surface area contributed by atoms with Gasteiger partial charge in [0.25, 0.3) is 5.91 Å². The van der Waals surface area contributed by atoms with Crippen LogP contribution >= 0.6 is 11.6 Å². The van der Waals surface area contributed by atoms with E-state index in [1.165, 1.54) is 12.1 Å². The fourth-order valence-corrected chi connectivity index (χ4v) is 3.06. The lowest BCUT2D eigenvalue weighted by Gasteiger charge is -2.34. The zero-order valence-corrected chi connectivity index (χ0v) is 13.6. The number of hydrogen-bond donors (Lipinski definition) is 1. The number of esters is 1. The van der Waals surface area contributed by atoms with Crippen molar-refractivity contribution in [2.24, 2.45) is 11.8 Å². The van der Waals surface area contributed by atoms with Gasteiger partial charge in [0.15, 0.2) is 6.61 Å². The summed E-state index contributed by atoms with van der Waals surface area (Å²) in [6.07, 6.45) is 1.12. The molecule has 22 heavy (non-hydrogen) atoms. The molecule has 0 aliphatic carbocycles. The Morgan fingerprint density at radius 3 is 2.55 bits per heavy atom. The molecule has 0 aromatic heterocycles. The minimum atomic E-state index is -0.611. The Morgan fingerprint density at radius 1 is 1.32 bits per heavy atom. The van der Waals surface area contributed by atoms with Gasteiger partial charge in [-0.25, -0.2) is 4.79 Å². The number of benzene rings is 1. The molecule has 2 rings (SSSR count). The summed E-state index contributed by atoms with van der Waals surface area (Å²) in [6, 6.07) is 4.54. The number of ether oxygens (including phenoxy) is 1. The molecule has 120 valence electrons. The van der Waals surface area contributed by atoms with Gasteiger partial charge in [-0.15, -0.1) is 0 Å². The lowest BCUT2D eigenvalue weighted by molar-refractivity contribution is -0.137. The second kappa shape index (κ2) is 7.01. The summed E-state index contributed by atoms with van der Waals surface area (Å²) in [5.41, 5.74) is 6.19. The van der Waals surface area contributed by atoms with Gasteiger partial charge in [0.1, 0.15) is 0 Å². The Morgan fingerprint density at radius 2 is 1.95 bits per heavy atom. The molecule has 0 spiro atoms. The van der Waals surface area contributed by atoms with Crippen LogP contribution in [0.4, 0.5) is 5.69 Å². The quantitative estimate of drug-likeness (QED) is 0.685. The third kappa shape index (κ3) is 4.13. The van der Waals surface area contributed by atoms with E-state index in [-0.39, 0.29) is 23.8 Å². The number of piperidine rings is 1. The van der Waals surface area contributed by atoms with Crippen molar-refractivity contribution in [3.63, 3.8) is 0 Å². The van der Waals surface area contributed by atoms with Crippen molar-refractivity contribution in [3.8, 4) is 0 Å². The van der Waals surface area contributed by atoms with Crippen molar-refractivity contribution in [2.45, 2.75) is 20.3 Å². The summed E-state index contributed by atoms with van der Waals surface area (Å²) in [5.74, 6) is 0.158. The summed E-state index contributed by atoms with van der Waals surface area (Å²) in [6.45, 7) is 5.40. The Labute approximate surface area is 135 Å². The highest BCUT2D eigenvalue weighted by Gasteiger charge is 2.26. The van der Waals surface area contributed by atoms with Gasteiger partial charge in [-0.2, -0.15) is 0 Å². The van der Waals surface area contributed by atoms with Gasteiger partial charge < -0.3 is 15.4 Å². The first-order valence-electron chi connectivity index (χ1n) is 7.36. The molecule has 2 N–H and O–H groups in total. The van der Waals surface area contributed by atoms with E-state index in [2.05, 4.69) is 13.8 Å². The van der Waals surface area contributed by atoms with Crippen molar-refractivity contribution < 1.29 is 14.3 Å². The van der Waals surface area contributed by atoms with E-state index in [4.69, 9.17) is 22.1 Å². The van der Waals surface area contributed by atoms with Crippen LogP contribution in [0.5, 0.6) is 0 Å². The Kier molecular flexibility index (Phi) is 5.29. The van der Waals surface area contributed by atoms with E-state index in [0.717, 1.165) is 6.42 Å². The van der Waals surface area contributed by atoms with Crippen LogP contribution in [0.2, 0.25) is 5.02 Å². The van der Waals surface area contributed by atoms with Gasteiger partial charge in [0.2, 0.25) is 0 Å². The third-order valence-corrected chi connectivity index (χ3v) is 4.02. The monoisotopic (exact) mass is 324 g/mol. The average molecular weight is 325 g/mol. The maximum absolute atomic E-state index is 12.2. The molecule has 1 fully saturated rings. The Bertz CT molecular complexity index is 567. The van der Waals surface area contributed by atoms with Crippen molar-refractivity contribution >= 4 is 29.2 Å². The first-order valence-corrected chi connectivity index (χ1v) is 7.74. The van der Waals surface area contributed by atoms with Crippen LogP contribution in [0, 0.1) is 11.8 Å². The summed E-state index contributed by atoms with van der Waals surface area (Å²) < 4.78 is 5.08. The molecular formula is C16H21ClN2O3. The normalized spacial score (nSPS) is 21.5. The highest BCUT2D eigenvalue weighted by atomic mass is 35.5. The smallest absolute Gasteiger partial charge is 0.340 e. The molecule has 1 saturated heterocycles. The molecule has 1 heterocycles. The largest absolute Gasteiger partial charge is 0.452 e. The minimum Gasteiger partial charge on any atom is -0.452 e. The lowest BCUT2D eigenvalue weighted by atomic mass is 9.92. The molecule has 1 aliphatic rings. The van der Waals surface area contributed by atoms with E-state index in [0.29, 0.717) is 29.9 Å². The Hall–Kier alpha value is -1.75. The van der Waals surface area contributed by atoms with Gasteiger partial charge in [-0.3, -0.25) is 4.79 Å². The van der Waals surface area contributed by atoms with Gasteiger partial charge in [0, 0.05) is 23.8 Å². The van der Waals surface area contributed by atoms with Crippen LogP contribution in [0.1, 0.15) is 30.6 Å². The molecule has 5 nitrogen and oxygen atoms in total. The van der Waals surface area contributed by atoms with Crippen molar-refractivity contribution in [2.75, 3.05) is 25.4 Å². The number of halogens is 1. The predicted molar refractivity (Wildman–Crippen MR) is 85.7 cm³/mol. The predicted octanol–water partition coefficient (Wildman–Crippen LogP) is 2.58. The SMILES string of the molecule is C[C@@H]1C[C@@H](C)CN(C(=O)COC(=O)c2ccc(Cl)cc2N)C1. The first-order chi connectivity index (χ1) is 10.4. The molecule has 0 radical (unpaired) electrons. The van der Waals surface area contributed by atoms with E-state index < -0.39 is 5.97 Å². The van der Waals surface area contributed by atoms with Crippen LogP contribution in [0.3, 0.4) is 0 Å². The second-order valence-electron chi connectivity index (χ2n) is 6.05. The van der Waals surface area contributed by atoms with Gasteiger partial charge >= 0.3 is 5.97 Å². The van der Waals surface area contributed by atoms with Crippen molar-refractivity contribution in [1.29, 1.82) is 0 Å². The molecule has 0 bridgehead atoms. The van der Waals surface area contributed by atoms with Gasteiger partial charge in [0.05, 0.1) is 5.56 Å². The van der Waals surface area contributed by atoms with E-state index in [1.54, 1.807) is 11.0 Å². The molecule has 1 aromatic rings. The Balaban J connectivity index is 1.91. The zero-order valence-electron chi connectivity index (χ0n) is 12.8. The highest BCUT2D eigenvalue weighted by Crippen LogP contribution is 2.21. The summed E-state index contributed by atoms with van der Waals surface area (Å²) in [4.78, 5) is 25.9. The molecule has 2 atom stereocenters. The molecule has 1 aliphatic heterocycles. The number of rotatable bonds is 3. The van der Waals surface area contributed by atoms with Crippen LogP contribution < -0.4 is 5.73 Å². The summed E-state index contributed by atoms with van der Waals surface area (Å²) >= 11 is 5.79. The number of anilines is 1. The number of carbonyl (C=O) groups excluding carboxylic acids is 2. The number of likely N-dealkylation sites (tertiary alicyclic amines) is 1. The number of nitrogens with zero attached hydrogens (tertiary/aromatic N) is 1. The second-order valence-corrected chi connectivity index (χ2v) is 6.49. The molecule has 0 unspecified atom stereocenters. The van der Waals surface area contributed by atoms with Gasteiger partial charge in [-0.1, -0.05) is 25.4 Å². The summed E-state index contributed by atoms with van der Waals surface area (Å²) in [7, 11) is 0. The minimum absolute atomic E-state index is 0.167. The molecule has 1 aromatic carbocycles. The summed E-state index contributed by atoms with van der Waals surface area (Å²) in [5, 5.41) is 0.446. The number of nitrogens with two attached hydrogens (primary N) is 1. The van der Waals surface area contributed by atoms with E-state index in [9.17, 15) is 9.59 Å². The zero-order chi connectivity index (χ0) is 16.3. The average Bonchev–Trinajstić information content (AvgIpc) is 2.43. The van der Waals surface area contributed by atoms with Crippen LogP contribution in [-0.4, -0.2) is 36.5 Å². The van der Waals surface area contributed by atoms with Crippen molar-refractivity contribution in [1.82, 2.24) is 4.90 Å². The first kappa shape index (κ1) is 16.6. The molecular weight excluding hydrogens is 304 g/mol. The fraction of sp³-hybridized carbons (Fsp3) is 0.500. The number of hydrogen-bond acceptors (Lipinski definition) is 4. The third-order valence-electron chi connectivity index (χ3n) is 3.78. The van der Waals surface area contributed by atoms with E-state index in [1.807, 2.05) is 0 Å². The topological polar surface area (TPSA) is 72.6 Å². The maximum atomic E-state index is 12.2. The number of amides is 1. The molecule has 0 saturated carbocycles. The van der Waals surface area contributed by atoms with Crippen LogP contribution in [0.15, 0.2) is 18.2 Å². The van der Waals surface area contributed by atoms with Crippen LogP contribution in [-0.2, 0) is 9.53 Å². The maximum Gasteiger partial charge on any atom is 0.340 e. The van der Waals surface area contributed by atoms with E-state index >= 15 is 0 Å². The van der Waals surface area contributed by atoms with Gasteiger partial charge in [-0.05, 0) is 36.5 Å².